The van der Waals surface area contributed by atoms with Gasteiger partial charge in [-0.15, -0.1) is 11.3 Å². The number of hydrogen-bond acceptors (Lipinski definition) is 10. The van der Waals surface area contributed by atoms with Gasteiger partial charge in [-0.2, -0.15) is 0 Å². The van der Waals surface area contributed by atoms with Gasteiger partial charge in [0.15, 0.2) is 5.82 Å². The Kier molecular flexibility index (Phi) is 7.43. The molecule has 11 heteroatoms. The van der Waals surface area contributed by atoms with Crippen molar-refractivity contribution >= 4 is 28.8 Å². The normalized spacial score (nSPS) is 14.1. The fourth-order valence-electron chi connectivity index (χ4n) is 4.55. The Labute approximate surface area is 224 Å². The molecule has 1 aliphatic rings. The lowest BCUT2D eigenvalue weighted by Crippen LogP contribution is -2.31. The van der Waals surface area contributed by atoms with Crippen LogP contribution in [0.15, 0.2) is 28.2 Å². The molecular formula is C26H29ClN6O3S. The molecule has 3 aromatic heterocycles. The van der Waals surface area contributed by atoms with Crippen LogP contribution in [0.25, 0.3) is 22.6 Å². The SMILES string of the molecule is CNC[C@@H](O)COc1ccc(Cl)c(-c2nc(-c3c(C)noc3C)c(C)c(N3CCc4ncsc4C3)n2)c1. The summed E-state index contributed by atoms with van der Waals surface area (Å²) in [5.41, 5.74) is 7.04. The number of halogens is 1. The van der Waals surface area contributed by atoms with Gasteiger partial charge in [-0.05, 0) is 46.0 Å². The summed E-state index contributed by atoms with van der Waals surface area (Å²) in [5, 5.41) is 17.6. The van der Waals surface area contributed by atoms with Crippen LogP contribution in [0.1, 0.15) is 27.6 Å². The van der Waals surface area contributed by atoms with E-state index in [9.17, 15) is 5.11 Å². The number of thiazole rings is 1. The molecule has 0 saturated carbocycles. The summed E-state index contributed by atoms with van der Waals surface area (Å²) in [5.74, 6) is 2.59. The summed E-state index contributed by atoms with van der Waals surface area (Å²) in [6.45, 7) is 7.95. The molecule has 1 atom stereocenters. The van der Waals surface area contributed by atoms with Gasteiger partial charge in [0.1, 0.15) is 30.0 Å². The van der Waals surface area contributed by atoms with Crippen molar-refractivity contribution in [1.82, 2.24) is 25.4 Å². The highest BCUT2D eigenvalue weighted by atomic mass is 35.5. The molecule has 4 heterocycles. The lowest BCUT2D eigenvalue weighted by molar-refractivity contribution is 0.108. The van der Waals surface area contributed by atoms with Gasteiger partial charge in [0, 0.05) is 35.5 Å². The zero-order valence-electron chi connectivity index (χ0n) is 21.2. The molecule has 0 amide bonds. The minimum absolute atomic E-state index is 0.150. The molecule has 0 unspecified atom stereocenters. The summed E-state index contributed by atoms with van der Waals surface area (Å²) in [6, 6.07) is 5.36. The third-order valence-corrected chi connectivity index (χ3v) is 7.62. The maximum absolute atomic E-state index is 10.0. The van der Waals surface area contributed by atoms with E-state index in [4.69, 9.17) is 30.8 Å². The molecule has 2 N–H and O–H groups in total. The molecule has 37 heavy (non-hydrogen) atoms. The van der Waals surface area contributed by atoms with Gasteiger partial charge in [0.25, 0.3) is 0 Å². The maximum Gasteiger partial charge on any atom is 0.163 e. The lowest BCUT2D eigenvalue weighted by atomic mass is 10.0. The summed E-state index contributed by atoms with van der Waals surface area (Å²) in [4.78, 5) is 18.0. The van der Waals surface area contributed by atoms with E-state index in [1.54, 1.807) is 30.5 Å². The first-order valence-electron chi connectivity index (χ1n) is 12.1. The molecule has 5 rings (SSSR count). The van der Waals surface area contributed by atoms with Crippen LogP contribution in [0, 0.1) is 20.8 Å². The van der Waals surface area contributed by atoms with Gasteiger partial charge in [-0.3, -0.25) is 0 Å². The van der Waals surface area contributed by atoms with Crippen molar-refractivity contribution in [2.45, 2.75) is 39.8 Å². The van der Waals surface area contributed by atoms with E-state index in [-0.39, 0.29) is 6.61 Å². The number of rotatable bonds is 8. The number of aliphatic hydroxyl groups excluding tert-OH is 1. The van der Waals surface area contributed by atoms with Crippen LogP contribution in [-0.4, -0.2) is 58.1 Å². The summed E-state index contributed by atoms with van der Waals surface area (Å²) in [7, 11) is 1.78. The van der Waals surface area contributed by atoms with Crippen molar-refractivity contribution in [3.05, 3.63) is 56.3 Å². The van der Waals surface area contributed by atoms with E-state index in [1.807, 2.05) is 32.3 Å². The first-order valence-corrected chi connectivity index (χ1v) is 13.3. The van der Waals surface area contributed by atoms with Gasteiger partial charge in [0.05, 0.1) is 39.7 Å². The zero-order valence-corrected chi connectivity index (χ0v) is 22.8. The van der Waals surface area contributed by atoms with Gasteiger partial charge in [-0.1, -0.05) is 16.8 Å². The first-order chi connectivity index (χ1) is 17.9. The molecule has 0 bridgehead atoms. The number of aryl methyl sites for hydroxylation is 2. The number of hydrogen-bond donors (Lipinski definition) is 2. The lowest BCUT2D eigenvalue weighted by Gasteiger charge is -2.29. The second-order valence-electron chi connectivity index (χ2n) is 9.10. The molecule has 0 fully saturated rings. The number of benzene rings is 1. The van der Waals surface area contributed by atoms with Crippen molar-refractivity contribution in [2.75, 3.05) is 31.6 Å². The van der Waals surface area contributed by atoms with Crippen LogP contribution in [0.2, 0.25) is 5.02 Å². The highest BCUT2D eigenvalue weighted by Crippen LogP contribution is 2.38. The Morgan fingerprint density at radius 2 is 2.11 bits per heavy atom. The molecule has 194 valence electrons. The monoisotopic (exact) mass is 540 g/mol. The second-order valence-corrected chi connectivity index (χ2v) is 10.4. The van der Waals surface area contributed by atoms with Crippen LogP contribution in [0.5, 0.6) is 5.75 Å². The Morgan fingerprint density at radius 1 is 1.27 bits per heavy atom. The van der Waals surface area contributed by atoms with Gasteiger partial charge >= 0.3 is 0 Å². The number of aromatic nitrogens is 4. The van der Waals surface area contributed by atoms with E-state index in [1.165, 1.54) is 4.88 Å². The predicted octanol–water partition coefficient (Wildman–Crippen LogP) is 4.36. The zero-order chi connectivity index (χ0) is 26.1. The molecule has 9 nitrogen and oxygen atoms in total. The molecule has 0 saturated heterocycles. The van der Waals surface area contributed by atoms with E-state index in [0.29, 0.717) is 34.5 Å². The summed E-state index contributed by atoms with van der Waals surface area (Å²) in [6.07, 6.45) is 0.227. The van der Waals surface area contributed by atoms with Crippen molar-refractivity contribution in [3.63, 3.8) is 0 Å². The standard InChI is InChI=1S/C26H29ClN6O3S/c1-14-24(23-15(2)32-36-16(23)3)30-25(31-26(14)33-8-7-21-22(11-33)37-13-29-21)19-9-18(5-6-20(19)27)35-12-17(34)10-28-4/h5-6,9,13,17,28,34H,7-8,10-12H2,1-4H3/t17-/m1/s1. The van der Waals surface area contributed by atoms with Gasteiger partial charge in [0.2, 0.25) is 0 Å². The molecule has 1 aliphatic heterocycles. The number of aliphatic hydroxyl groups is 1. The third-order valence-electron chi connectivity index (χ3n) is 6.43. The average molecular weight is 541 g/mol. The highest BCUT2D eigenvalue weighted by molar-refractivity contribution is 7.09. The van der Waals surface area contributed by atoms with Crippen LogP contribution < -0.4 is 15.0 Å². The van der Waals surface area contributed by atoms with E-state index in [2.05, 4.69) is 20.4 Å². The third kappa shape index (κ3) is 5.19. The van der Waals surface area contributed by atoms with Crippen molar-refractivity contribution in [3.8, 4) is 28.4 Å². The molecule has 0 radical (unpaired) electrons. The van der Waals surface area contributed by atoms with Crippen molar-refractivity contribution < 1.29 is 14.4 Å². The summed E-state index contributed by atoms with van der Waals surface area (Å²) < 4.78 is 11.3. The van der Waals surface area contributed by atoms with Crippen molar-refractivity contribution in [2.24, 2.45) is 0 Å². The van der Waals surface area contributed by atoms with Crippen molar-refractivity contribution in [1.29, 1.82) is 0 Å². The Morgan fingerprint density at radius 3 is 2.86 bits per heavy atom. The maximum atomic E-state index is 10.0. The topological polar surface area (TPSA) is 109 Å². The number of likely N-dealkylation sites (N-methyl/N-ethyl adjacent to an activating group) is 1. The fourth-order valence-corrected chi connectivity index (χ4v) is 5.58. The number of fused-ring (bicyclic) bond motifs is 1. The van der Waals surface area contributed by atoms with Gasteiger partial charge in [-0.25, -0.2) is 15.0 Å². The Bertz CT molecular complexity index is 1400. The highest BCUT2D eigenvalue weighted by Gasteiger charge is 2.26. The number of ether oxygens (including phenoxy) is 1. The second kappa shape index (κ2) is 10.7. The first kappa shape index (κ1) is 25.6. The van der Waals surface area contributed by atoms with E-state index in [0.717, 1.165) is 53.5 Å². The largest absolute Gasteiger partial charge is 0.491 e. The fraction of sp³-hybridized carbons (Fsp3) is 0.385. The van der Waals surface area contributed by atoms with Crippen LogP contribution in [0.3, 0.4) is 0 Å². The number of nitrogens with zero attached hydrogens (tertiary/aromatic N) is 5. The van der Waals surface area contributed by atoms with E-state index >= 15 is 0 Å². The predicted molar refractivity (Wildman–Crippen MR) is 144 cm³/mol. The quantitative estimate of drug-likeness (QED) is 0.337. The van der Waals surface area contributed by atoms with Crippen LogP contribution in [0.4, 0.5) is 5.82 Å². The molecule has 1 aromatic carbocycles. The minimum Gasteiger partial charge on any atom is -0.491 e. The smallest absolute Gasteiger partial charge is 0.163 e. The molecule has 0 aliphatic carbocycles. The Balaban J connectivity index is 1.60. The average Bonchev–Trinajstić information content (AvgIpc) is 3.49. The Hall–Kier alpha value is -3.05. The summed E-state index contributed by atoms with van der Waals surface area (Å²) >= 11 is 8.34. The van der Waals surface area contributed by atoms with Gasteiger partial charge < -0.3 is 24.6 Å². The number of nitrogens with one attached hydrogen (secondary N) is 1. The minimum atomic E-state index is -0.631. The number of anilines is 1. The molecule has 0 spiro atoms. The van der Waals surface area contributed by atoms with Crippen LogP contribution in [-0.2, 0) is 13.0 Å². The molecule has 4 aromatic rings. The molecular weight excluding hydrogens is 512 g/mol. The van der Waals surface area contributed by atoms with E-state index < -0.39 is 6.10 Å². The van der Waals surface area contributed by atoms with Crippen LogP contribution >= 0.6 is 22.9 Å².